The van der Waals surface area contributed by atoms with E-state index in [1.165, 1.54) is 6.08 Å². The maximum Gasteiger partial charge on any atom is 0.251 e. The standard InChI is InChI=1S/C20H20N2O2S/c1-25-18-4-2-3-17(13-18)21-19(23)12-7-14-5-8-15(9-6-14)20(24)22-16-10-11-16/h2-9,12-13,16H,10-11H2,1H3,(H,21,23)(H,22,24)/b12-7+. The van der Waals surface area contributed by atoms with Gasteiger partial charge in [-0.05, 0) is 61.1 Å². The first-order chi connectivity index (χ1) is 12.1. The Kier molecular flexibility index (Phi) is 5.56. The Balaban J connectivity index is 1.57. The maximum atomic E-state index is 12.0. The van der Waals surface area contributed by atoms with Crippen molar-refractivity contribution in [2.45, 2.75) is 23.8 Å². The van der Waals surface area contributed by atoms with Gasteiger partial charge in [0.2, 0.25) is 5.91 Å². The summed E-state index contributed by atoms with van der Waals surface area (Å²) in [4.78, 5) is 25.1. The summed E-state index contributed by atoms with van der Waals surface area (Å²) in [5.41, 5.74) is 2.28. The molecule has 2 amide bonds. The first-order valence-electron chi connectivity index (χ1n) is 8.18. The predicted octanol–water partition coefficient (Wildman–Crippen LogP) is 3.95. The van der Waals surface area contributed by atoms with E-state index in [2.05, 4.69) is 10.6 Å². The molecule has 0 unspecified atom stereocenters. The van der Waals surface area contributed by atoms with Crippen molar-refractivity contribution >= 4 is 35.3 Å². The summed E-state index contributed by atoms with van der Waals surface area (Å²) in [6, 6.07) is 15.3. The molecular weight excluding hydrogens is 332 g/mol. The number of benzene rings is 2. The van der Waals surface area contributed by atoms with E-state index in [4.69, 9.17) is 0 Å². The lowest BCUT2D eigenvalue weighted by Gasteiger charge is -2.04. The molecule has 0 bridgehead atoms. The first kappa shape index (κ1) is 17.3. The van der Waals surface area contributed by atoms with Gasteiger partial charge < -0.3 is 10.6 Å². The van der Waals surface area contributed by atoms with E-state index in [1.807, 2.05) is 42.7 Å². The van der Waals surface area contributed by atoms with Gasteiger partial charge in [0.25, 0.3) is 5.91 Å². The number of thioether (sulfide) groups is 1. The molecule has 0 aromatic heterocycles. The van der Waals surface area contributed by atoms with Crippen LogP contribution in [0, 0.1) is 0 Å². The predicted molar refractivity (Wildman–Crippen MR) is 103 cm³/mol. The van der Waals surface area contributed by atoms with Crippen molar-refractivity contribution in [3.63, 3.8) is 0 Å². The Bertz CT molecular complexity index is 796. The Hall–Kier alpha value is -2.53. The fourth-order valence-corrected chi connectivity index (χ4v) is 2.76. The fraction of sp³-hybridized carbons (Fsp3) is 0.200. The first-order valence-corrected chi connectivity index (χ1v) is 9.40. The molecule has 2 aromatic rings. The zero-order valence-electron chi connectivity index (χ0n) is 14.0. The van der Waals surface area contributed by atoms with E-state index in [0.717, 1.165) is 29.0 Å². The molecule has 128 valence electrons. The van der Waals surface area contributed by atoms with E-state index in [9.17, 15) is 9.59 Å². The van der Waals surface area contributed by atoms with Gasteiger partial charge in [0.15, 0.2) is 0 Å². The third kappa shape index (κ3) is 5.22. The molecule has 0 radical (unpaired) electrons. The van der Waals surface area contributed by atoms with E-state index in [0.29, 0.717) is 11.6 Å². The second-order valence-electron chi connectivity index (χ2n) is 5.92. The van der Waals surface area contributed by atoms with Gasteiger partial charge in [-0.3, -0.25) is 9.59 Å². The molecule has 25 heavy (non-hydrogen) atoms. The van der Waals surface area contributed by atoms with Gasteiger partial charge in [0.1, 0.15) is 0 Å². The van der Waals surface area contributed by atoms with Gasteiger partial charge in [0, 0.05) is 28.3 Å². The quantitative estimate of drug-likeness (QED) is 0.611. The molecule has 3 rings (SSSR count). The van der Waals surface area contributed by atoms with Crippen LogP contribution in [-0.4, -0.2) is 24.1 Å². The SMILES string of the molecule is CSc1cccc(NC(=O)/C=C/c2ccc(C(=O)NC3CC3)cc2)c1. The van der Waals surface area contributed by atoms with Crippen molar-refractivity contribution in [3.05, 3.63) is 65.7 Å². The van der Waals surface area contributed by atoms with Crippen LogP contribution in [0.5, 0.6) is 0 Å². The molecule has 1 fully saturated rings. The van der Waals surface area contributed by atoms with Crippen molar-refractivity contribution in [1.82, 2.24) is 5.32 Å². The Morgan fingerprint density at radius 2 is 1.88 bits per heavy atom. The molecule has 0 spiro atoms. The molecule has 1 aliphatic carbocycles. The molecule has 2 N–H and O–H groups in total. The number of hydrogen-bond acceptors (Lipinski definition) is 3. The van der Waals surface area contributed by atoms with Crippen LogP contribution >= 0.6 is 11.8 Å². The fourth-order valence-electron chi connectivity index (χ4n) is 2.30. The number of carbonyl (C=O) groups excluding carboxylic acids is 2. The topological polar surface area (TPSA) is 58.2 Å². The van der Waals surface area contributed by atoms with Crippen molar-refractivity contribution in [2.24, 2.45) is 0 Å². The van der Waals surface area contributed by atoms with Crippen LogP contribution in [0.25, 0.3) is 6.08 Å². The Morgan fingerprint density at radius 3 is 2.56 bits per heavy atom. The lowest BCUT2D eigenvalue weighted by molar-refractivity contribution is -0.111. The Labute approximate surface area is 151 Å². The minimum Gasteiger partial charge on any atom is -0.349 e. The molecule has 4 nitrogen and oxygen atoms in total. The summed E-state index contributed by atoms with van der Waals surface area (Å²) in [6.45, 7) is 0. The number of hydrogen-bond donors (Lipinski definition) is 2. The molecule has 5 heteroatoms. The average Bonchev–Trinajstić information content (AvgIpc) is 3.44. The third-order valence-electron chi connectivity index (χ3n) is 3.85. The van der Waals surface area contributed by atoms with Crippen molar-refractivity contribution in [3.8, 4) is 0 Å². The summed E-state index contributed by atoms with van der Waals surface area (Å²) in [6.07, 6.45) is 7.36. The molecule has 0 saturated heterocycles. The Morgan fingerprint density at radius 1 is 1.12 bits per heavy atom. The van der Waals surface area contributed by atoms with Crippen LogP contribution in [0.1, 0.15) is 28.8 Å². The average molecular weight is 352 g/mol. The number of amides is 2. The highest BCUT2D eigenvalue weighted by Crippen LogP contribution is 2.20. The van der Waals surface area contributed by atoms with Crippen LogP contribution in [0.3, 0.4) is 0 Å². The molecule has 2 aromatic carbocycles. The maximum absolute atomic E-state index is 12.0. The van der Waals surface area contributed by atoms with E-state index in [1.54, 1.807) is 30.0 Å². The summed E-state index contributed by atoms with van der Waals surface area (Å²) < 4.78 is 0. The van der Waals surface area contributed by atoms with Crippen molar-refractivity contribution in [2.75, 3.05) is 11.6 Å². The van der Waals surface area contributed by atoms with Gasteiger partial charge in [-0.1, -0.05) is 18.2 Å². The second-order valence-corrected chi connectivity index (χ2v) is 6.80. The van der Waals surface area contributed by atoms with Gasteiger partial charge in [-0.15, -0.1) is 11.8 Å². The molecule has 0 atom stereocenters. The van der Waals surface area contributed by atoms with Crippen LogP contribution in [0.2, 0.25) is 0 Å². The van der Waals surface area contributed by atoms with Crippen molar-refractivity contribution < 1.29 is 9.59 Å². The van der Waals surface area contributed by atoms with Gasteiger partial charge in [-0.2, -0.15) is 0 Å². The normalized spacial score (nSPS) is 13.6. The number of rotatable bonds is 6. The smallest absolute Gasteiger partial charge is 0.251 e. The van der Waals surface area contributed by atoms with Crippen LogP contribution in [0.4, 0.5) is 5.69 Å². The van der Waals surface area contributed by atoms with Gasteiger partial charge in [0.05, 0.1) is 0 Å². The van der Waals surface area contributed by atoms with E-state index < -0.39 is 0 Å². The molecule has 1 aliphatic rings. The highest BCUT2D eigenvalue weighted by Gasteiger charge is 2.23. The number of carbonyl (C=O) groups is 2. The van der Waals surface area contributed by atoms with Crippen LogP contribution in [0.15, 0.2) is 59.5 Å². The molecule has 1 saturated carbocycles. The summed E-state index contributed by atoms with van der Waals surface area (Å²) >= 11 is 1.63. The van der Waals surface area contributed by atoms with E-state index in [-0.39, 0.29) is 11.8 Å². The van der Waals surface area contributed by atoms with E-state index >= 15 is 0 Å². The highest BCUT2D eigenvalue weighted by atomic mass is 32.2. The van der Waals surface area contributed by atoms with Crippen molar-refractivity contribution in [1.29, 1.82) is 0 Å². The monoisotopic (exact) mass is 352 g/mol. The van der Waals surface area contributed by atoms with Gasteiger partial charge >= 0.3 is 0 Å². The summed E-state index contributed by atoms with van der Waals surface area (Å²) in [5, 5.41) is 5.80. The largest absolute Gasteiger partial charge is 0.349 e. The molecule has 0 aliphatic heterocycles. The van der Waals surface area contributed by atoms with Crippen LogP contribution < -0.4 is 10.6 Å². The van der Waals surface area contributed by atoms with Gasteiger partial charge in [-0.25, -0.2) is 0 Å². The lowest BCUT2D eigenvalue weighted by Crippen LogP contribution is -2.25. The number of nitrogens with one attached hydrogen (secondary N) is 2. The second kappa shape index (κ2) is 8.03. The zero-order chi connectivity index (χ0) is 17.6. The lowest BCUT2D eigenvalue weighted by atomic mass is 10.1. The molecule has 0 heterocycles. The minimum absolute atomic E-state index is 0.0375. The highest BCUT2D eigenvalue weighted by molar-refractivity contribution is 7.98. The summed E-state index contributed by atoms with van der Waals surface area (Å²) in [7, 11) is 0. The minimum atomic E-state index is -0.186. The zero-order valence-corrected chi connectivity index (χ0v) is 14.8. The molecular formula is C20H20N2O2S. The number of anilines is 1. The third-order valence-corrected chi connectivity index (χ3v) is 4.58. The van der Waals surface area contributed by atoms with Crippen LogP contribution in [-0.2, 0) is 4.79 Å². The summed E-state index contributed by atoms with van der Waals surface area (Å²) in [5.74, 6) is -0.224.